The van der Waals surface area contributed by atoms with E-state index in [1.54, 1.807) is 11.3 Å². The first-order valence-corrected chi connectivity index (χ1v) is 7.86. The molecular weight excluding hydrogens is 302 g/mol. The molecule has 1 aromatic heterocycles. The average Bonchev–Trinajstić information content (AvgIpc) is 2.95. The third-order valence-corrected chi connectivity index (χ3v) is 4.73. The molecule has 0 radical (unpaired) electrons. The van der Waals surface area contributed by atoms with Crippen LogP contribution in [0.2, 0.25) is 0 Å². The van der Waals surface area contributed by atoms with Crippen LogP contribution in [0.15, 0.2) is 41.3 Å². The molecule has 0 aliphatic heterocycles. The van der Waals surface area contributed by atoms with Crippen LogP contribution in [-0.2, 0) is 16.1 Å². The van der Waals surface area contributed by atoms with Gasteiger partial charge in [-0.25, -0.2) is 0 Å². The number of nitrogens with two attached hydrogens (primary N) is 1. The minimum atomic E-state index is -1.27. The van der Waals surface area contributed by atoms with Crippen molar-refractivity contribution >= 4 is 27.4 Å². The van der Waals surface area contributed by atoms with Gasteiger partial charge in [0.25, 0.3) is 0 Å². The van der Waals surface area contributed by atoms with Gasteiger partial charge in [-0.1, -0.05) is 12.1 Å². The van der Waals surface area contributed by atoms with Crippen molar-refractivity contribution < 1.29 is 19.7 Å². The number of rotatable bonds is 4. The van der Waals surface area contributed by atoms with Gasteiger partial charge in [-0.3, -0.25) is 0 Å². The molecular formula is C16H16NO4S-. The number of carbonyl (C=O) groups excluding carboxylic acids is 1. The molecule has 5 nitrogen and oxygen atoms in total. The molecule has 1 aromatic carbocycles. The molecule has 2 aromatic rings. The highest BCUT2D eigenvalue weighted by molar-refractivity contribution is 7.17. The number of aliphatic hydroxyl groups is 1. The lowest BCUT2D eigenvalue weighted by Crippen LogP contribution is -2.48. The summed E-state index contributed by atoms with van der Waals surface area (Å²) >= 11 is 1.67. The molecule has 0 saturated heterocycles. The summed E-state index contributed by atoms with van der Waals surface area (Å²) in [5.41, 5.74) is 6.78. The van der Waals surface area contributed by atoms with Crippen molar-refractivity contribution in [2.45, 2.75) is 31.3 Å². The highest BCUT2D eigenvalue weighted by Crippen LogP contribution is 2.25. The molecule has 3 N–H and O–H groups in total. The van der Waals surface area contributed by atoms with Crippen molar-refractivity contribution in [3.63, 3.8) is 0 Å². The molecule has 0 amide bonds. The van der Waals surface area contributed by atoms with Crippen LogP contribution in [0.4, 0.5) is 0 Å². The average molecular weight is 318 g/mol. The number of aliphatic carboxylic acids is 1. The number of carboxylic acid groups (broad SMARTS) is 1. The molecule has 0 saturated carbocycles. The predicted octanol–water partition coefficient (Wildman–Crippen LogP) is 0.555. The lowest BCUT2D eigenvalue weighted by molar-refractivity contribution is -0.300. The Morgan fingerprint density at radius 1 is 1.45 bits per heavy atom. The second kappa shape index (κ2) is 6.18. The summed E-state index contributed by atoms with van der Waals surface area (Å²) in [4.78, 5) is 11.0. The molecule has 0 spiro atoms. The van der Waals surface area contributed by atoms with Gasteiger partial charge >= 0.3 is 0 Å². The van der Waals surface area contributed by atoms with Crippen molar-refractivity contribution in [3.05, 3.63) is 46.9 Å². The van der Waals surface area contributed by atoms with E-state index in [1.165, 1.54) is 10.8 Å². The number of carbonyl (C=O) groups is 1. The zero-order valence-electron chi connectivity index (χ0n) is 11.8. The largest absolute Gasteiger partial charge is 0.545 e. The molecule has 1 aliphatic carbocycles. The summed E-state index contributed by atoms with van der Waals surface area (Å²) in [5, 5.41) is 24.2. The number of aliphatic hydroxyl groups excluding tert-OH is 1. The van der Waals surface area contributed by atoms with Crippen LogP contribution in [-0.4, -0.2) is 29.3 Å². The van der Waals surface area contributed by atoms with E-state index in [1.807, 2.05) is 29.6 Å². The van der Waals surface area contributed by atoms with Gasteiger partial charge in [-0.15, -0.1) is 11.3 Å². The lowest BCUT2D eigenvalue weighted by atomic mass is 9.91. The van der Waals surface area contributed by atoms with Gasteiger partial charge in [0.05, 0.1) is 30.8 Å². The van der Waals surface area contributed by atoms with Crippen LogP contribution in [0.25, 0.3) is 10.1 Å². The van der Waals surface area contributed by atoms with Gasteiger partial charge in [0.15, 0.2) is 0 Å². The van der Waals surface area contributed by atoms with E-state index in [4.69, 9.17) is 10.5 Å². The SMILES string of the molecule is N[C@H]1C=C(C(=O)[O-])C[C@@H](OCc2ccc3sccc3c2)[C@@H]1O. The van der Waals surface area contributed by atoms with Gasteiger partial charge in [0.1, 0.15) is 0 Å². The third kappa shape index (κ3) is 3.05. The van der Waals surface area contributed by atoms with Crippen LogP contribution in [0.3, 0.4) is 0 Å². The van der Waals surface area contributed by atoms with Gasteiger partial charge < -0.3 is 25.5 Å². The van der Waals surface area contributed by atoms with E-state index in [0.717, 1.165) is 10.9 Å². The number of hydrogen-bond donors (Lipinski definition) is 2. The summed E-state index contributed by atoms with van der Waals surface area (Å²) in [7, 11) is 0. The maximum absolute atomic E-state index is 11.0. The first kappa shape index (κ1) is 15.2. The summed E-state index contributed by atoms with van der Waals surface area (Å²) in [6.07, 6.45) is -0.145. The number of carboxylic acids is 1. The molecule has 0 fully saturated rings. The summed E-state index contributed by atoms with van der Waals surface area (Å²) < 4.78 is 6.90. The van der Waals surface area contributed by atoms with E-state index < -0.39 is 24.2 Å². The summed E-state index contributed by atoms with van der Waals surface area (Å²) in [5.74, 6) is -1.27. The molecule has 6 heteroatoms. The number of hydrogen-bond acceptors (Lipinski definition) is 6. The van der Waals surface area contributed by atoms with Crippen molar-refractivity contribution in [2.24, 2.45) is 5.73 Å². The number of ether oxygens (including phenoxy) is 1. The van der Waals surface area contributed by atoms with Crippen LogP contribution >= 0.6 is 11.3 Å². The zero-order chi connectivity index (χ0) is 15.7. The summed E-state index contributed by atoms with van der Waals surface area (Å²) in [6, 6.07) is 7.28. The van der Waals surface area contributed by atoms with E-state index in [9.17, 15) is 15.0 Å². The fourth-order valence-corrected chi connectivity index (χ4v) is 3.37. The molecule has 22 heavy (non-hydrogen) atoms. The minimum absolute atomic E-state index is 0.0797. The van der Waals surface area contributed by atoms with Gasteiger partial charge in [-0.05, 0) is 40.1 Å². The molecule has 1 heterocycles. The molecule has 0 unspecified atom stereocenters. The highest BCUT2D eigenvalue weighted by Gasteiger charge is 2.30. The lowest BCUT2D eigenvalue weighted by Gasteiger charge is -2.32. The second-order valence-electron chi connectivity index (χ2n) is 5.39. The fraction of sp³-hybridized carbons (Fsp3) is 0.312. The maximum atomic E-state index is 11.0. The Bertz CT molecular complexity index is 724. The van der Waals surface area contributed by atoms with Crippen LogP contribution in [0.5, 0.6) is 0 Å². The van der Waals surface area contributed by atoms with Crippen molar-refractivity contribution in [1.82, 2.24) is 0 Å². The van der Waals surface area contributed by atoms with Gasteiger partial charge in [-0.2, -0.15) is 0 Å². The Kier molecular flexibility index (Phi) is 4.26. The number of fused-ring (bicyclic) bond motifs is 1. The van der Waals surface area contributed by atoms with E-state index in [2.05, 4.69) is 0 Å². The first-order valence-electron chi connectivity index (χ1n) is 6.98. The Morgan fingerprint density at radius 3 is 3.05 bits per heavy atom. The quantitative estimate of drug-likeness (QED) is 0.858. The van der Waals surface area contributed by atoms with Gasteiger partial charge in [0, 0.05) is 11.1 Å². The van der Waals surface area contributed by atoms with Crippen LogP contribution in [0.1, 0.15) is 12.0 Å². The molecule has 1 aliphatic rings. The first-order chi connectivity index (χ1) is 10.5. The van der Waals surface area contributed by atoms with Gasteiger partial charge in [0.2, 0.25) is 0 Å². The zero-order valence-corrected chi connectivity index (χ0v) is 12.6. The predicted molar refractivity (Wildman–Crippen MR) is 82.1 cm³/mol. The van der Waals surface area contributed by atoms with Crippen LogP contribution < -0.4 is 10.8 Å². The third-order valence-electron chi connectivity index (χ3n) is 3.83. The number of thiophene rings is 1. The maximum Gasteiger partial charge on any atom is 0.0991 e. The smallest absolute Gasteiger partial charge is 0.0991 e. The monoisotopic (exact) mass is 318 g/mol. The van der Waals surface area contributed by atoms with E-state index in [0.29, 0.717) is 6.61 Å². The van der Waals surface area contributed by atoms with Crippen molar-refractivity contribution in [3.8, 4) is 0 Å². The van der Waals surface area contributed by atoms with E-state index >= 15 is 0 Å². The minimum Gasteiger partial charge on any atom is -0.545 e. The Morgan fingerprint density at radius 2 is 2.27 bits per heavy atom. The normalized spacial score (nSPS) is 25.2. The summed E-state index contributed by atoms with van der Waals surface area (Å²) in [6.45, 7) is 0.292. The molecule has 0 bridgehead atoms. The van der Waals surface area contributed by atoms with E-state index in [-0.39, 0.29) is 12.0 Å². The standard InChI is InChI=1S/C16H17NO4S/c17-12-6-11(16(19)20)7-13(15(12)18)21-8-9-1-2-14-10(5-9)3-4-22-14/h1-6,12-13,15,18H,7-8,17H2,(H,19,20)/p-1/t12-,13+,15+/m0/s1. The topological polar surface area (TPSA) is 95.6 Å². The second-order valence-corrected chi connectivity index (χ2v) is 6.34. The van der Waals surface area contributed by atoms with Crippen molar-refractivity contribution in [1.29, 1.82) is 0 Å². The molecule has 3 atom stereocenters. The van der Waals surface area contributed by atoms with Crippen LogP contribution in [0, 0.1) is 0 Å². The highest BCUT2D eigenvalue weighted by atomic mass is 32.1. The van der Waals surface area contributed by atoms with Crippen molar-refractivity contribution in [2.75, 3.05) is 0 Å². The Labute approximate surface area is 131 Å². The molecule has 116 valence electrons. The Hall–Kier alpha value is -1.73. The number of benzene rings is 1. The fourth-order valence-electron chi connectivity index (χ4n) is 2.60. The molecule has 3 rings (SSSR count). The Balaban J connectivity index is 1.69.